The van der Waals surface area contributed by atoms with Crippen molar-refractivity contribution in [1.82, 2.24) is 10.2 Å². The fourth-order valence-electron chi connectivity index (χ4n) is 2.54. The number of alkyl halides is 3. The zero-order valence-electron chi connectivity index (χ0n) is 15.6. The summed E-state index contributed by atoms with van der Waals surface area (Å²) in [6.07, 6.45) is -4.86. The minimum Gasteiger partial charge on any atom is -0.477 e. The number of nitrogens with one attached hydrogen (secondary N) is 2. The SMILES string of the molecule is CCOc1ccc(-c2ccc(NC(=O)Nc3ccc(F)c(C(F)(F)F)c3)cc2)nn1. The van der Waals surface area contributed by atoms with Gasteiger partial charge >= 0.3 is 12.2 Å². The molecule has 10 heteroatoms. The van der Waals surface area contributed by atoms with E-state index in [1.165, 1.54) is 0 Å². The van der Waals surface area contributed by atoms with Crippen LogP contribution >= 0.6 is 0 Å². The highest BCUT2D eigenvalue weighted by molar-refractivity contribution is 5.99. The predicted octanol–water partition coefficient (Wildman–Crippen LogP) is 5.34. The van der Waals surface area contributed by atoms with E-state index in [1.807, 2.05) is 6.92 Å². The van der Waals surface area contributed by atoms with Gasteiger partial charge in [0.1, 0.15) is 5.82 Å². The van der Waals surface area contributed by atoms with Crippen LogP contribution in [0.1, 0.15) is 12.5 Å². The highest BCUT2D eigenvalue weighted by Gasteiger charge is 2.34. The van der Waals surface area contributed by atoms with E-state index in [0.717, 1.165) is 11.6 Å². The van der Waals surface area contributed by atoms with Gasteiger partial charge in [-0.15, -0.1) is 10.2 Å². The van der Waals surface area contributed by atoms with Crippen molar-refractivity contribution in [2.24, 2.45) is 0 Å². The molecule has 0 bridgehead atoms. The van der Waals surface area contributed by atoms with Crippen LogP contribution in [-0.4, -0.2) is 22.8 Å². The number of ether oxygens (including phenoxy) is 1. The van der Waals surface area contributed by atoms with Crippen LogP contribution in [0.4, 0.5) is 33.7 Å². The van der Waals surface area contributed by atoms with Gasteiger partial charge in [-0.05, 0) is 43.3 Å². The monoisotopic (exact) mass is 420 g/mol. The van der Waals surface area contributed by atoms with E-state index in [0.29, 0.717) is 36.0 Å². The highest BCUT2D eigenvalue weighted by atomic mass is 19.4. The second kappa shape index (κ2) is 8.76. The number of halogens is 4. The Morgan fingerprint density at radius 2 is 1.63 bits per heavy atom. The first kappa shape index (κ1) is 21.0. The van der Waals surface area contributed by atoms with Gasteiger partial charge < -0.3 is 15.4 Å². The number of rotatable bonds is 5. The number of carbonyl (C=O) groups excluding carboxylic acids is 1. The van der Waals surface area contributed by atoms with Crippen LogP contribution in [0.2, 0.25) is 0 Å². The summed E-state index contributed by atoms with van der Waals surface area (Å²) >= 11 is 0. The lowest BCUT2D eigenvalue weighted by atomic mass is 10.1. The van der Waals surface area contributed by atoms with Crippen molar-refractivity contribution in [2.75, 3.05) is 17.2 Å². The molecular weight excluding hydrogens is 404 g/mol. The molecule has 2 aromatic carbocycles. The first-order chi connectivity index (χ1) is 14.3. The summed E-state index contributed by atoms with van der Waals surface area (Å²) in [5.74, 6) is -1.01. The largest absolute Gasteiger partial charge is 0.477 e. The highest BCUT2D eigenvalue weighted by Crippen LogP contribution is 2.33. The van der Waals surface area contributed by atoms with Gasteiger partial charge in [-0.25, -0.2) is 9.18 Å². The van der Waals surface area contributed by atoms with Crippen LogP contribution in [0.5, 0.6) is 5.88 Å². The minimum absolute atomic E-state index is 0.192. The van der Waals surface area contributed by atoms with Gasteiger partial charge in [0.25, 0.3) is 0 Å². The second-order valence-electron chi connectivity index (χ2n) is 6.04. The maximum atomic E-state index is 13.3. The number of anilines is 2. The molecule has 0 fully saturated rings. The zero-order valence-corrected chi connectivity index (χ0v) is 15.6. The van der Waals surface area contributed by atoms with Crippen LogP contribution < -0.4 is 15.4 Å². The molecule has 0 saturated heterocycles. The number of hydrogen-bond acceptors (Lipinski definition) is 4. The zero-order chi connectivity index (χ0) is 21.7. The molecule has 1 heterocycles. The maximum Gasteiger partial charge on any atom is 0.419 e. The molecule has 0 aliphatic heterocycles. The van der Waals surface area contributed by atoms with Crippen molar-refractivity contribution in [3.63, 3.8) is 0 Å². The van der Waals surface area contributed by atoms with Gasteiger partial charge in [0, 0.05) is 23.0 Å². The molecule has 0 radical (unpaired) electrons. The van der Waals surface area contributed by atoms with Crippen LogP contribution in [0, 0.1) is 5.82 Å². The summed E-state index contributed by atoms with van der Waals surface area (Å²) in [5, 5.41) is 12.7. The van der Waals surface area contributed by atoms with E-state index >= 15 is 0 Å². The molecule has 3 aromatic rings. The molecule has 0 spiro atoms. The van der Waals surface area contributed by atoms with Crippen LogP contribution in [-0.2, 0) is 6.18 Å². The lowest BCUT2D eigenvalue weighted by Gasteiger charge is -2.12. The van der Waals surface area contributed by atoms with Crippen LogP contribution in [0.3, 0.4) is 0 Å². The van der Waals surface area contributed by atoms with Gasteiger partial charge in [-0.3, -0.25) is 0 Å². The Morgan fingerprint density at radius 3 is 2.23 bits per heavy atom. The quantitative estimate of drug-likeness (QED) is 0.546. The fourth-order valence-corrected chi connectivity index (χ4v) is 2.54. The van der Waals surface area contributed by atoms with Gasteiger partial charge in [0.15, 0.2) is 0 Å². The lowest BCUT2D eigenvalue weighted by Crippen LogP contribution is -2.20. The Bertz CT molecular complexity index is 1020. The third-order valence-corrected chi connectivity index (χ3v) is 3.90. The Hall–Kier alpha value is -3.69. The number of urea groups is 1. The van der Waals surface area contributed by atoms with E-state index in [1.54, 1.807) is 36.4 Å². The molecule has 2 amide bonds. The minimum atomic E-state index is -4.86. The first-order valence-electron chi connectivity index (χ1n) is 8.78. The normalized spacial score (nSPS) is 11.1. The molecule has 30 heavy (non-hydrogen) atoms. The average molecular weight is 420 g/mol. The summed E-state index contributed by atoms with van der Waals surface area (Å²) in [7, 11) is 0. The van der Waals surface area contributed by atoms with Crippen molar-refractivity contribution in [1.29, 1.82) is 0 Å². The van der Waals surface area contributed by atoms with Crippen molar-refractivity contribution in [3.05, 3.63) is 66.0 Å². The van der Waals surface area contributed by atoms with Crippen molar-refractivity contribution < 1.29 is 27.1 Å². The summed E-state index contributed by atoms with van der Waals surface area (Å²) in [6.45, 7) is 2.31. The topological polar surface area (TPSA) is 76.1 Å². The molecule has 2 N–H and O–H groups in total. The van der Waals surface area contributed by atoms with Gasteiger partial charge in [0.05, 0.1) is 17.9 Å². The summed E-state index contributed by atoms with van der Waals surface area (Å²) in [5.41, 5.74) is 0.0854. The van der Waals surface area contributed by atoms with E-state index in [-0.39, 0.29) is 5.69 Å². The number of nitrogens with zero attached hydrogens (tertiary/aromatic N) is 2. The van der Waals surface area contributed by atoms with Crippen LogP contribution in [0.15, 0.2) is 54.6 Å². The summed E-state index contributed by atoms with van der Waals surface area (Å²) < 4.78 is 56.9. The summed E-state index contributed by atoms with van der Waals surface area (Å²) in [6, 6.07) is 11.4. The van der Waals surface area contributed by atoms with Gasteiger partial charge in [0.2, 0.25) is 5.88 Å². The number of carbonyl (C=O) groups is 1. The third kappa shape index (κ3) is 5.22. The standard InChI is InChI=1S/C20H16F4N4O2/c1-2-30-18-10-9-17(27-28-18)12-3-5-13(6-4-12)25-19(29)26-14-7-8-16(21)15(11-14)20(22,23)24/h3-11H,2H2,1H3,(H2,25,26,29). The molecule has 6 nitrogen and oxygen atoms in total. The Labute approximate surface area is 168 Å². The molecule has 156 valence electrons. The lowest BCUT2D eigenvalue weighted by molar-refractivity contribution is -0.139. The Kier molecular flexibility index (Phi) is 6.14. The fraction of sp³-hybridized carbons (Fsp3) is 0.150. The maximum absolute atomic E-state index is 13.3. The number of amides is 2. The Balaban J connectivity index is 1.65. The Morgan fingerprint density at radius 1 is 0.967 bits per heavy atom. The van der Waals surface area contributed by atoms with E-state index in [4.69, 9.17) is 4.74 Å². The predicted molar refractivity (Wildman–Crippen MR) is 103 cm³/mol. The number of hydrogen-bond donors (Lipinski definition) is 2. The van der Waals surface area contributed by atoms with E-state index < -0.39 is 23.6 Å². The van der Waals surface area contributed by atoms with Gasteiger partial charge in [-0.2, -0.15) is 13.2 Å². The molecule has 0 unspecified atom stereocenters. The van der Waals surface area contributed by atoms with Gasteiger partial charge in [-0.1, -0.05) is 12.1 Å². The number of benzene rings is 2. The molecule has 1 aromatic heterocycles. The van der Waals surface area contributed by atoms with Crippen molar-refractivity contribution >= 4 is 17.4 Å². The molecule has 0 aliphatic rings. The smallest absolute Gasteiger partial charge is 0.419 e. The third-order valence-electron chi connectivity index (χ3n) is 3.90. The molecule has 3 rings (SSSR count). The average Bonchev–Trinajstić information content (AvgIpc) is 2.70. The molecular formula is C20H16F4N4O2. The molecule has 0 atom stereocenters. The van der Waals surface area contributed by atoms with Crippen molar-refractivity contribution in [3.8, 4) is 17.1 Å². The molecule has 0 aliphatic carbocycles. The summed E-state index contributed by atoms with van der Waals surface area (Å²) in [4.78, 5) is 12.0. The van der Waals surface area contributed by atoms with Crippen molar-refractivity contribution in [2.45, 2.75) is 13.1 Å². The number of aromatic nitrogens is 2. The first-order valence-corrected chi connectivity index (χ1v) is 8.78. The molecule has 0 saturated carbocycles. The van der Waals surface area contributed by atoms with E-state index in [2.05, 4.69) is 20.8 Å². The van der Waals surface area contributed by atoms with E-state index in [9.17, 15) is 22.4 Å². The van der Waals surface area contributed by atoms with Crippen LogP contribution in [0.25, 0.3) is 11.3 Å². The second-order valence-corrected chi connectivity index (χ2v) is 6.04.